The Labute approximate surface area is 175 Å². The molecule has 9 heteroatoms. The molecule has 2 aromatic carbocycles. The monoisotopic (exact) mass is 433 g/mol. The summed E-state index contributed by atoms with van der Waals surface area (Å²) in [7, 11) is 1.32. The molecule has 29 heavy (non-hydrogen) atoms. The molecule has 0 aliphatic carbocycles. The minimum absolute atomic E-state index is 0. The SMILES string of the molecule is COC(=O)c1ccc(-c2nnc3ccc(Sc4ccc(F)cc4F)cn23)cc1.Cl. The molecule has 2 heterocycles. The van der Waals surface area contributed by atoms with Crippen molar-refractivity contribution in [2.75, 3.05) is 7.11 Å². The fourth-order valence-electron chi connectivity index (χ4n) is 2.69. The van der Waals surface area contributed by atoms with Crippen LogP contribution in [-0.2, 0) is 4.74 Å². The predicted octanol–water partition coefficient (Wildman–Crippen LogP) is 5.03. The van der Waals surface area contributed by atoms with Gasteiger partial charge in [-0.25, -0.2) is 13.6 Å². The van der Waals surface area contributed by atoms with Crippen LogP contribution < -0.4 is 0 Å². The quantitative estimate of drug-likeness (QED) is 0.422. The van der Waals surface area contributed by atoms with Crippen LogP contribution in [0.3, 0.4) is 0 Å². The van der Waals surface area contributed by atoms with Crippen LogP contribution in [0.15, 0.2) is 70.6 Å². The molecule has 5 nitrogen and oxygen atoms in total. The molecular formula is C20H14ClF2N3O2S. The van der Waals surface area contributed by atoms with Crippen LogP contribution in [0.4, 0.5) is 8.78 Å². The number of nitrogens with zero attached hydrogens (tertiary/aromatic N) is 3. The summed E-state index contributed by atoms with van der Waals surface area (Å²) in [6.45, 7) is 0. The summed E-state index contributed by atoms with van der Waals surface area (Å²) in [6, 6.07) is 13.8. The number of methoxy groups -OCH3 is 1. The van der Waals surface area contributed by atoms with E-state index in [0.29, 0.717) is 21.9 Å². The van der Waals surface area contributed by atoms with Crippen LogP contribution >= 0.6 is 24.2 Å². The van der Waals surface area contributed by atoms with Crippen molar-refractivity contribution in [2.24, 2.45) is 0 Å². The van der Waals surface area contributed by atoms with Gasteiger partial charge in [-0.1, -0.05) is 23.9 Å². The standard InChI is InChI=1S/C20H13F2N3O2S.ClH/c1-27-20(26)13-4-2-12(3-5-13)19-24-23-18-9-7-15(11-25(18)19)28-17-8-6-14(21)10-16(17)22;/h2-11H,1H3;1H. The smallest absolute Gasteiger partial charge is 0.337 e. The van der Waals surface area contributed by atoms with Crippen molar-refractivity contribution < 1.29 is 18.3 Å². The molecule has 0 radical (unpaired) electrons. The molecule has 0 saturated carbocycles. The number of hydrogen-bond donors (Lipinski definition) is 0. The molecule has 4 rings (SSSR count). The third-order valence-electron chi connectivity index (χ3n) is 4.06. The van der Waals surface area contributed by atoms with E-state index in [1.807, 2.05) is 0 Å². The minimum atomic E-state index is -0.618. The minimum Gasteiger partial charge on any atom is -0.465 e. The van der Waals surface area contributed by atoms with Crippen LogP contribution in [0, 0.1) is 11.6 Å². The highest BCUT2D eigenvalue weighted by Gasteiger charge is 2.12. The normalized spacial score (nSPS) is 10.6. The zero-order valence-electron chi connectivity index (χ0n) is 15.0. The number of ether oxygens (including phenoxy) is 1. The number of fused-ring (bicyclic) bond motifs is 1. The molecule has 0 aliphatic rings. The van der Waals surface area contributed by atoms with Gasteiger partial charge in [0, 0.05) is 27.6 Å². The average molecular weight is 434 g/mol. The Kier molecular flexibility index (Phi) is 6.14. The van der Waals surface area contributed by atoms with Crippen LogP contribution in [0.1, 0.15) is 10.4 Å². The van der Waals surface area contributed by atoms with E-state index in [2.05, 4.69) is 10.2 Å². The van der Waals surface area contributed by atoms with Crippen molar-refractivity contribution in [3.63, 3.8) is 0 Å². The van der Waals surface area contributed by atoms with Gasteiger partial charge < -0.3 is 4.74 Å². The largest absolute Gasteiger partial charge is 0.465 e. The van der Waals surface area contributed by atoms with E-state index in [0.717, 1.165) is 16.5 Å². The van der Waals surface area contributed by atoms with E-state index in [1.54, 1.807) is 47.0 Å². The second-order valence-electron chi connectivity index (χ2n) is 5.86. The lowest BCUT2D eigenvalue weighted by atomic mass is 10.1. The van der Waals surface area contributed by atoms with Crippen LogP contribution in [-0.4, -0.2) is 27.7 Å². The van der Waals surface area contributed by atoms with E-state index in [9.17, 15) is 13.6 Å². The van der Waals surface area contributed by atoms with E-state index >= 15 is 0 Å². The Morgan fingerprint density at radius 3 is 2.48 bits per heavy atom. The first-order valence-electron chi connectivity index (χ1n) is 8.21. The number of carbonyl (C=O) groups excluding carboxylic acids is 1. The molecule has 148 valence electrons. The van der Waals surface area contributed by atoms with Crippen molar-refractivity contribution >= 4 is 35.8 Å². The fraction of sp³-hybridized carbons (Fsp3) is 0.0500. The summed E-state index contributed by atoms with van der Waals surface area (Å²) in [5, 5.41) is 8.34. The van der Waals surface area contributed by atoms with Crippen molar-refractivity contribution in [1.82, 2.24) is 14.6 Å². The Bertz CT molecular complexity index is 1180. The van der Waals surface area contributed by atoms with Crippen LogP contribution in [0.5, 0.6) is 0 Å². The molecule has 0 aliphatic heterocycles. The molecule has 0 atom stereocenters. The Hall–Kier alpha value is -2.97. The topological polar surface area (TPSA) is 56.5 Å². The summed E-state index contributed by atoms with van der Waals surface area (Å²) in [6.07, 6.45) is 1.78. The Morgan fingerprint density at radius 1 is 1.03 bits per heavy atom. The van der Waals surface area contributed by atoms with Gasteiger partial charge in [-0.05, 0) is 36.4 Å². The van der Waals surface area contributed by atoms with Gasteiger partial charge in [0.1, 0.15) is 11.6 Å². The molecular weight excluding hydrogens is 420 g/mol. The molecule has 0 unspecified atom stereocenters. The summed E-state index contributed by atoms with van der Waals surface area (Å²) >= 11 is 1.18. The lowest BCUT2D eigenvalue weighted by molar-refractivity contribution is 0.0600. The zero-order chi connectivity index (χ0) is 19.7. The lowest BCUT2D eigenvalue weighted by Crippen LogP contribution is -2.00. The summed E-state index contributed by atoms with van der Waals surface area (Å²) < 4.78 is 33.5. The van der Waals surface area contributed by atoms with Gasteiger partial charge in [0.2, 0.25) is 0 Å². The van der Waals surface area contributed by atoms with Crippen LogP contribution in [0.2, 0.25) is 0 Å². The maximum absolute atomic E-state index is 13.9. The first kappa shape index (κ1) is 20.8. The Balaban J connectivity index is 0.00000240. The number of carbonyl (C=O) groups is 1. The molecule has 0 spiro atoms. The number of rotatable bonds is 4. The van der Waals surface area contributed by atoms with E-state index in [-0.39, 0.29) is 12.4 Å². The number of esters is 1. The number of halogens is 3. The number of benzene rings is 2. The van der Waals surface area contributed by atoms with Crippen molar-refractivity contribution in [3.8, 4) is 11.4 Å². The van der Waals surface area contributed by atoms with Gasteiger partial charge in [0.15, 0.2) is 11.5 Å². The van der Waals surface area contributed by atoms with E-state index < -0.39 is 17.6 Å². The molecule has 0 saturated heterocycles. The van der Waals surface area contributed by atoms with E-state index in [4.69, 9.17) is 4.74 Å². The first-order chi connectivity index (χ1) is 13.5. The average Bonchev–Trinajstić information content (AvgIpc) is 3.13. The maximum Gasteiger partial charge on any atom is 0.337 e. The van der Waals surface area contributed by atoms with Gasteiger partial charge in [-0.3, -0.25) is 4.40 Å². The Morgan fingerprint density at radius 2 is 1.79 bits per heavy atom. The van der Waals surface area contributed by atoms with E-state index in [1.165, 1.54) is 31.0 Å². The van der Waals surface area contributed by atoms with Crippen molar-refractivity contribution in [1.29, 1.82) is 0 Å². The molecule has 4 aromatic rings. The molecule has 0 amide bonds. The third kappa shape index (κ3) is 4.23. The summed E-state index contributed by atoms with van der Waals surface area (Å²) in [4.78, 5) is 12.6. The summed E-state index contributed by atoms with van der Waals surface area (Å²) in [5.41, 5.74) is 1.81. The highest BCUT2D eigenvalue weighted by molar-refractivity contribution is 7.99. The molecule has 0 N–H and O–H groups in total. The summed E-state index contributed by atoms with van der Waals surface area (Å²) in [5.74, 6) is -1.08. The second-order valence-corrected chi connectivity index (χ2v) is 6.98. The van der Waals surface area contributed by atoms with Crippen molar-refractivity contribution in [2.45, 2.75) is 9.79 Å². The maximum atomic E-state index is 13.9. The predicted molar refractivity (Wildman–Crippen MR) is 107 cm³/mol. The fourth-order valence-corrected chi connectivity index (χ4v) is 3.53. The molecule has 0 bridgehead atoms. The second kappa shape index (κ2) is 8.59. The van der Waals surface area contributed by atoms with Gasteiger partial charge >= 0.3 is 5.97 Å². The molecule has 2 aromatic heterocycles. The van der Waals surface area contributed by atoms with Gasteiger partial charge in [-0.2, -0.15) is 0 Å². The number of hydrogen-bond acceptors (Lipinski definition) is 5. The van der Waals surface area contributed by atoms with Gasteiger partial charge in [0.25, 0.3) is 0 Å². The third-order valence-corrected chi connectivity index (χ3v) is 5.09. The van der Waals surface area contributed by atoms with Crippen molar-refractivity contribution in [3.05, 3.63) is 78.0 Å². The first-order valence-corrected chi connectivity index (χ1v) is 9.03. The highest BCUT2D eigenvalue weighted by Crippen LogP contribution is 2.31. The zero-order valence-corrected chi connectivity index (χ0v) is 16.6. The highest BCUT2D eigenvalue weighted by atomic mass is 35.5. The lowest BCUT2D eigenvalue weighted by Gasteiger charge is -2.06. The van der Waals surface area contributed by atoms with Gasteiger partial charge in [0.05, 0.1) is 12.7 Å². The number of pyridine rings is 1. The molecule has 0 fully saturated rings. The number of aromatic nitrogens is 3. The van der Waals surface area contributed by atoms with Crippen LogP contribution in [0.25, 0.3) is 17.0 Å². The van der Waals surface area contributed by atoms with Gasteiger partial charge in [-0.15, -0.1) is 22.6 Å².